The lowest BCUT2D eigenvalue weighted by Crippen LogP contribution is -2.10. The second-order valence-electron chi connectivity index (χ2n) is 5.03. The van der Waals surface area contributed by atoms with Crippen LogP contribution in [-0.4, -0.2) is 5.11 Å². The topological polar surface area (TPSA) is 32.3 Å². The van der Waals surface area contributed by atoms with Gasteiger partial charge in [0, 0.05) is 11.3 Å². The first-order chi connectivity index (χ1) is 9.52. The van der Waals surface area contributed by atoms with Crippen molar-refractivity contribution >= 4 is 5.69 Å². The van der Waals surface area contributed by atoms with Crippen molar-refractivity contribution in [2.75, 3.05) is 5.32 Å². The molecule has 0 aliphatic heterocycles. The van der Waals surface area contributed by atoms with E-state index in [2.05, 4.69) is 18.3 Å². The number of phenolic OH excluding ortho intramolecular Hbond substituents is 1. The van der Waals surface area contributed by atoms with Gasteiger partial charge >= 0.3 is 0 Å². The van der Waals surface area contributed by atoms with E-state index in [0.29, 0.717) is 5.56 Å². The van der Waals surface area contributed by atoms with E-state index in [0.717, 1.165) is 17.7 Å². The molecule has 2 N–H and O–H groups in total. The zero-order valence-corrected chi connectivity index (χ0v) is 12.1. The molecule has 0 aliphatic rings. The highest BCUT2D eigenvalue weighted by molar-refractivity contribution is 5.59. The van der Waals surface area contributed by atoms with Gasteiger partial charge in [0.1, 0.15) is 11.6 Å². The first kappa shape index (κ1) is 14.4. The first-order valence-electron chi connectivity index (χ1n) is 6.86. The molecule has 0 spiro atoms. The number of para-hydroxylation sites is 1. The van der Waals surface area contributed by atoms with E-state index in [-0.39, 0.29) is 17.6 Å². The minimum atomic E-state index is -0.341. The van der Waals surface area contributed by atoms with E-state index in [1.165, 1.54) is 23.8 Å². The van der Waals surface area contributed by atoms with Gasteiger partial charge in [0.2, 0.25) is 0 Å². The molecule has 20 heavy (non-hydrogen) atoms. The number of halogens is 1. The predicted octanol–water partition coefficient (Wildman–Crippen LogP) is 4.58. The summed E-state index contributed by atoms with van der Waals surface area (Å²) in [5.41, 5.74) is 3.99. The molecule has 0 aliphatic carbocycles. The number of hydrogen-bond acceptors (Lipinski definition) is 2. The van der Waals surface area contributed by atoms with Crippen LogP contribution in [0, 0.1) is 12.7 Å². The summed E-state index contributed by atoms with van der Waals surface area (Å²) in [6.07, 6.45) is 0.922. The Balaban J connectivity index is 2.32. The molecule has 106 valence electrons. The number of aromatic hydroxyl groups is 1. The molecule has 0 aromatic heterocycles. The Morgan fingerprint density at radius 2 is 2.00 bits per heavy atom. The molecule has 3 heteroatoms. The lowest BCUT2D eigenvalue weighted by molar-refractivity contribution is 0.462. The van der Waals surface area contributed by atoms with Crippen LogP contribution in [0.3, 0.4) is 0 Å². The van der Waals surface area contributed by atoms with Crippen molar-refractivity contribution < 1.29 is 9.50 Å². The van der Waals surface area contributed by atoms with Crippen LogP contribution in [0.25, 0.3) is 0 Å². The van der Waals surface area contributed by atoms with E-state index in [1.807, 2.05) is 26.0 Å². The van der Waals surface area contributed by atoms with Gasteiger partial charge in [-0.2, -0.15) is 0 Å². The number of benzene rings is 2. The molecule has 0 saturated heterocycles. The third-order valence-corrected chi connectivity index (χ3v) is 3.56. The molecule has 1 unspecified atom stereocenters. The fraction of sp³-hybridized carbons (Fsp3) is 0.294. The van der Waals surface area contributed by atoms with Gasteiger partial charge in [0.05, 0.1) is 6.04 Å². The van der Waals surface area contributed by atoms with Crippen LogP contribution in [0.5, 0.6) is 5.75 Å². The van der Waals surface area contributed by atoms with E-state index in [1.54, 1.807) is 0 Å². The molecule has 2 rings (SSSR count). The van der Waals surface area contributed by atoms with Crippen LogP contribution < -0.4 is 5.32 Å². The van der Waals surface area contributed by atoms with Crippen LogP contribution in [0.4, 0.5) is 10.1 Å². The van der Waals surface area contributed by atoms with Crippen molar-refractivity contribution in [3.05, 3.63) is 58.9 Å². The molecule has 2 aromatic rings. The highest BCUT2D eigenvalue weighted by Crippen LogP contribution is 2.30. The van der Waals surface area contributed by atoms with Crippen LogP contribution in [0.15, 0.2) is 36.4 Å². The minimum absolute atomic E-state index is 0.109. The molecule has 0 bridgehead atoms. The lowest BCUT2D eigenvalue weighted by Gasteiger charge is -2.21. The number of nitrogens with one attached hydrogen (secondary N) is 1. The van der Waals surface area contributed by atoms with Crippen molar-refractivity contribution in [2.24, 2.45) is 0 Å². The van der Waals surface area contributed by atoms with E-state index in [4.69, 9.17) is 0 Å². The van der Waals surface area contributed by atoms with Gasteiger partial charge in [-0.15, -0.1) is 0 Å². The van der Waals surface area contributed by atoms with Crippen molar-refractivity contribution in [3.8, 4) is 5.75 Å². The summed E-state index contributed by atoms with van der Waals surface area (Å²) in [5, 5.41) is 13.3. The van der Waals surface area contributed by atoms with Crippen molar-refractivity contribution in [1.82, 2.24) is 0 Å². The van der Waals surface area contributed by atoms with Gasteiger partial charge in [-0.05, 0) is 49.6 Å². The molecule has 0 radical (unpaired) electrons. The van der Waals surface area contributed by atoms with Crippen LogP contribution in [0.2, 0.25) is 0 Å². The van der Waals surface area contributed by atoms with Gasteiger partial charge in [0.15, 0.2) is 0 Å². The van der Waals surface area contributed by atoms with Gasteiger partial charge in [-0.3, -0.25) is 0 Å². The summed E-state index contributed by atoms with van der Waals surface area (Å²) in [6, 6.07) is 10.0. The summed E-state index contributed by atoms with van der Waals surface area (Å²) in [7, 11) is 0. The normalized spacial score (nSPS) is 12.2. The van der Waals surface area contributed by atoms with Crippen LogP contribution in [-0.2, 0) is 6.42 Å². The average molecular weight is 273 g/mol. The Hall–Kier alpha value is -2.03. The third-order valence-electron chi connectivity index (χ3n) is 3.56. The summed E-state index contributed by atoms with van der Waals surface area (Å²) in [5.74, 6) is -0.231. The maximum Gasteiger partial charge on any atom is 0.123 e. The second kappa shape index (κ2) is 5.95. The maximum atomic E-state index is 13.3. The van der Waals surface area contributed by atoms with Crippen molar-refractivity contribution in [1.29, 1.82) is 0 Å². The largest absolute Gasteiger partial charge is 0.508 e. The van der Waals surface area contributed by atoms with Gasteiger partial charge in [-0.1, -0.05) is 25.1 Å². The molecule has 2 nitrogen and oxygen atoms in total. The molecule has 0 saturated carbocycles. The fourth-order valence-electron chi connectivity index (χ4n) is 2.40. The van der Waals surface area contributed by atoms with Crippen LogP contribution in [0.1, 0.15) is 36.6 Å². The average Bonchev–Trinajstić information content (AvgIpc) is 2.43. The third kappa shape index (κ3) is 2.93. The maximum absolute atomic E-state index is 13.3. The standard InChI is InChI=1S/C17H20FNO/c1-4-13-7-5-6-11(2)17(13)19-12(3)15-10-14(18)8-9-16(15)20/h5-10,12,19-20H,4H2,1-3H3. The summed E-state index contributed by atoms with van der Waals surface area (Å²) >= 11 is 0. The second-order valence-corrected chi connectivity index (χ2v) is 5.03. The number of anilines is 1. The molecule has 0 amide bonds. The number of phenols is 1. The zero-order valence-electron chi connectivity index (χ0n) is 12.1. The Morgan fingerprint density at radius 1 is 1.25 bits per heavy atom. The Labute approximate surface area is 119 Å². The molecule has 1 atom stereocenters. The van der Waals surface area contributed by atoms with Crippen molar-refractivity contribution in [3.63, 3.8) is 0 Å². The highest BCUT2D eigenvalue weighted by Gasteiger charge is 2.14. The zero-order chi connectivity index (χ0) is 14.7. The lowest BCUT2D eigenvalue weighted by atomic mass is 10.0. The van der Waals surface area contributed by atoms with Gasteiger partial charge in [0.25, 0.3) is 0 Å². The number of rotatable bonds is 4. The smallest absolute Gasteiger partial charge is 0.123 e. The predicted molar refractivity (Wildman–Crippen MR) is 80.7 cm³/mol. The summed E-state index contributed by atoms with van der Waals surface area (Å²) < 4.78 is 13.3. The Morgan fingerprint density at radius 3 is 2.70 bits per heavy atom. The number of hydrogen-bond donors (Lipinski definition) is 2. The Bertz CT molecular complexity index is 610. The molecular weight excluding hydrogens is 253 g/mol. The Kier molecular flexibility index (Phi) is 4.28. The highest BCUT2D eigenvalue weighted by atomic mass is 19.1. The monoisotopic (exact) mass is 273 g/mol. The SMILES string of the molecule is CCc1cccc(C)c1NC(C)c1cc(F)ccc1O. The van der Waals surface area contributed by atoms with Crippen molar-refractivity contribution in [2.45, 2.75) is 33.2 Å². The van der Waals surface area contributed by atoms with E-state index < -0.39 is 0 Å². The van der Waals surface area contributed by atoms with Gasteiger partial charge in [-0.25, -0.2) is 4.39 Å². The molecular formula is C17H20FNO. The quantitative estimate of drug-likeness (QED) is 0.855. The molecule has 2 aromatic carbocycles. The minimum Gasteiger partial charge on any atom is -0.508 e. The fourth-order valence-corrected chi connectivity index (χ4v) is 2.40. The first-order valence-corrected chi connectivity index (χ1v) is 6.86. The van der Waals surface area contributed by atoms with Crippen LogP contribution >= 0.6 is 0 Å². The summed E-state index contributed by atoms with van der Waals surface area (Å²) in [6.45, 7) is 6.06. The summed E-state index contributed by atoms with van der Waals surface area (Å²) in [4.78, 5) is 0. The van der Waals surface area contributed by atoms with E-state index in [9.17, 15) is 9.50 Å². The van der Waals surface area contributed by atoms with Gasteiger partial charge < -0.3 is 10.4 Å². The molecule has 0 fully saturated rings. The molecule has 0 heterocycles. The van der Waals surface area contributed by atoms with E-state index >= 15 is 0 Å². The number of aryl methyl sites for hydroxylation is 2.